The van der Waals surface area contributed by atoms with Gasteiger partial charge in [-0.15, -0.1) is 0 Å². The van der Waals surface area contributed by atoms with Gasteiger partial charge in [-0.25, -0.2) is 4.98 Å². The maximum absolute atomic E-state index is 4.37. The Labute approximate surface area is 125 Å². The Kier molecular flexibility index (Phi) is 3.76. The van der Waals surface area contributed by atoms with Crippen molar-refractivity contribution in [3.05, 3.63) is 59.9 Å². The van der Waals surface area contributed by atoms with E-state index in [4.69, 9.17) is 0 Å². The summed E-state index contributed by atoms with van der Waals surface area (Å²) in [7, 11) is 0. The summed E-state index contributed by atoms with van der Waals surface area (Å²) in [6.07, 6.45) is 3.86. The van der Waals surface area contributed by atoms with E-state index in [0.717, 1.165) is 12.2 Å². The first-order valence-corrected chi connectivity index (χ1v) is 7.40. The lowest BCUT2D eigenvalue weighted by Gasteiger charge is -2.13. The van der Waals surface area contributed by atoms with E-state index in [2.05, 4.69) is 65.8 Å². The summed E-state index contributed by atoms with van der Waals surface area (Å²) in [4.78, 5) is 4.37. The predicted octanol–water partition coefficient (Wildman–Crippen LogP) is 3.81. The highest BCUT2D eigenvalue weighted by atomic mass is 15.0. The van der Waals surface area contributed by atoms with Crippen molar-refractivity contribution in [2.75, 3.05) is 0 Å². The van der Waals surface area contributed by atoms with Gasteiger partial charge in [0.1, 0.15) is 5.65 Å². The van der Waals surface area contributed by atoms with Crippen LogP contribution in [0.5, 0.6) is 0 Å². The Balaban J connectivity index is 2.05. The van der Waals surface area contributed by atoms with Gasteiger partial charge in [-0.3, -0.25) is 4.40 Å². The average molecular weight is 279 g/mol. The Morgan fingerprint density at radius 1 is 1.19 bits per heavy atom. The zero-order chi connectivity index (χ0) is 14.8. The Hall–Kier alpha value is -2.13. The zero-order valence-corrected chi connectivity index (χ0v) is 12.8. The van der Waals surface area contributed by atoms with E-state index in [1.54, 1.807) is 0 Å². The topological polar surface area (TPSA) is 29.3 Å². The largest absolute Gasteiger partial charge is 0.310 e. The van der Waals surface area contributed by atoms with Gasteiger partial charge in [0, 0.05) is 30.5 Å². The third-order valence-corrected chi connectivity index (χ3v) is 3.72. The number of benzene rings is 1. The van der Waals surface area contributed by atoms with Crippen LogP contribution in [0.1, 0.15) is 25.0 Å². The van der Waals surface area contributed by atoms with Crippen molar-refractivity contribution in [1.29, 1.82) is 0 Å². The number of pyridine rings is 1. The molecule has 0 radical (unpaired) electrons. The van der Waals surface area contributed by atoms with E-state index in [1.807, 2.05) is 18.5 Å². The predicted molar refractivity (Wildman–Crippen MR) is 87.3 cm³/mol. The van der Waals surface area contributed by atoms with Crippen molar-refractivity contribution in [2.24, 2.45) is 0 Å². The van der Waals surface area contributed by atoms with Gasteiger partial charge in [0.25, 0.3) is 0 Å². The lowest BCUT2D eigenvalue weighted by atomic mass is 10.0. The lowest BCUT2D eigenvalue weighted by Crippen LogP contribution is -2.21. The van der Waals surface area contributed by atoms with E-state index >= 15 is 0 Å². The van der Waals surface area contributed by atoms with Gasteiger partial charge in [-0.2, -0.15) is 0 Å². The summed E-state index contributed by atoms with van der Waals surface area (Å²) >= 11 is 0. The number of rotatable bonds is 4. The minimum atomic E-state index is 0.492. The van der Waals surface area contributed by atoms with Gasteiger partial charge in [0.15, 0.2) is 0 Å². The van der Waals surface area contributed by atoms with E-state index in [-0.39, 0.29) is 0 Å². The number of hydrogen-bond acceptors (Lipinski definition) is 2. The lowest BCUT2D eigenvalue weighted by molar-refractivity contribution is 0.589. The smallest absolute Gasteiger partial charge is 0.137 e. The number of imidazole rings is 1. The molecule has 0 fully saturated rings. The van der Waals surface area contributed by atoms with Gasteiger partial charge < -0.3 is 5.32 Å². The number of fused-ring (bicyclic) bond motifs is 1. The highest BCUT2D eigenvalue weighted by molar-refractivity contribution is 5.67. The molecule has 0 unspecified atom stereocenters. The van der Waals surface area contributed by atoms with Gasteiger partial charge in [0.05, 0.1) is 5.69 Å². The summed E-state index contributed by atoms with van der Waals surface area (Å²) in [6, 6.07) is 13.4. The number of hydrogen-bond donors (Lipinski definition) is 1. The molecule has 1 N–H and O–H groups in total. The first kappa shape index (κ1) is 13.8. The SMILES string of the molecule is Cc1ccc(CNC(C)C)cc1-c1cccc2nccn12. The molecule has 0 saturated carbocycles. The van der Waals surface area contributed by atoms with Crippen LogP contribution in [0.2, 0.25) is 0 Å². The van der Waals surface area contributed by atoms with Gasteiger partial charge in [-0.1, -0.05) is 32.0 Å². The molecule has 108 valence electrons. The molecular formula is C18H21N3. The summed E-state index contributed by atoms with van der Waals surface area (Å²) in [6.45, 7) is 7.39. The van der Waals surface area contributed by atoms with Crippen LogP contribution in [0.3, 0.4) is 0 Å². The van der Waals surface area contributed by atoms with Crippen LogP contribution in [0.15, 0.2) is 48.8 Å². The van der Waals surface area contributed by atoms with E-state index < -0.39 is 0 Å². The second-order valence-electron chi connectivity index (χ2n) is 5.75. The molecule has 3 aromatic rings. The molecule has 1 aromatic carbocycles. The fourth-order valence-corrected chi connectivity index (χ4v) is 2.54. The summed E-state index contributed by atoms with van der Waals surface area (Å²) in [5.74, 6) is 0. The van der Waals surface area contributed by atoms with Gasteiger partial charge in [-0.05, 0) is 36.2 Å². The monoisotopic (exact) mass is 279 g/mol. The zero-order valence-electron chi connectivity index (χ0n) is 12.8. The van der Waals surface area contributed by atoms with Crippen molar-refractivity contribution in [3.8, 4) is 11.3 Å². The molecule has 0 spiro atoms. The minimum absolute atomic E-state index is 0.492. The average Bonchev–Trinajstić information content (AvgIpc) is 2.95. The van der Waals surface area contributed by atoms with Crippen LogP contribution >= 0.6 is 0 Å². The molecule has 0 aliphatic rings. The highest BCUT2D eigenvalue weighted by Gasteiger charge is 2.08. The molecule has 0 bridgehead atoms. The number of nitrogens with one attached hydrogen (secondary N) is 1. The molecular weight excluding hydrogens is 258 g/mol. The molecule has 0 aliphatic heterocycles. The molecule has 2 aromatic heterocycles. The third-order valence-electron chi connectivity index (χ3n) is 3.72. The van der Waals surface area contributed by atoms with E-state index in [9.17, 15) is 0 Å². The van der Waals surface area contributed by atoms with E-state index in [1.165, 1.54) is 22.4 Å². The van der Waals surface area contributed by atoms with Crippen LogP contribution in [0.25, 0.3) is 16.9 Å². The van der Waals surface area contributed by atoms with Crippen molar-refractivity contribution in [1.82, 2.24) is 14.7 Å². The number of nitrogens with zero attached hydrogens (tertiary/aromatic N) is 2. The molecule has 3 rings (SSSR count). The van der Waals surface area contributed by atoms with Crippen LogP contribution in [-0.4, -0.2) is 15.4 Å². The molecule has 2 heterocycles. The molecule has 3 nitrogen and oxygen atoms in total. The Morgan fingerprint density at radius 2 is 2.05 bits per heavy atom. The summed E-state index contributed by atoms with van der Waals surface area (Å²) in [5.41, 5.74) is 6.03. The third kappa shape index (κ3) is 2.83. The maximum Gasteiger partial charge on any atom is 0.137 e. The maximum atomic E-state index is 4.37. The molecule has 0 atom stereocenters. The van der Waals surface area contributed by atoms with Crippen LogP contribution in [-0.2, 0) is 6.54 Å². The normalized spacial score (nSPS) is 11.4. The Bertz CT molecular complexity index is 756. The van der Waals surface area contributed by atoms with Crippen molar-refractivity contribution >= 4 is 5.65 Å². The number of aromatic nitrogens is 2. The fraction of sp³-hybridized carbons (Fsp3) is 0.278. The minimum Gasteiger partial charge on any atom is -0.310 e. The van der Waals surface area contributed by atoms with Crippen molar-refractivity contribution in [2.45, 2.75) is 33.4 Å². The summed E-state index contributed by atoms with van der Waals surface area (Å²) in [5, 5.41) is 3.47. The molecule has 0 saturated heterocycles. The second kappa shape index (κ2) is 5.70. The quantitative estimate of drug-likeness (QED) is 0.787. The standard InChI is InChI=1S/C18H21N3/c1-13(2)20-12-15-8-7-14(3)16(11-15)17-5-4-6-18-19-9-10-21(17)18/h4-11,13,20H,12H2,1-3H3. The molecule has 0 amide bonds. The van der Waals surface area contributed by atoms with Crippen LogP contribution in [0, 0.1) is 6.92 Å². The Morgan fingerprint density at radius 3 is 2.86 bits per heavy atom. The fourth-order valence-electron chi connectivity index (χ4n) is 2.54. The van der Waals surface area contributed by atoms with Crippen LogP contribution in [0.4, 0.5) is 0 Å². The first-order chi connectivity index (χ1) is 10.1. The molecule has 21 heavy (non-hydrogen) atoms. The van der Waals surface area contributed by atoms with Gasteiger partial charge >= 0.3 is 0 Å². The van der Waals surface area contributed by atoms with E-state index in [0.29, 0.717) is 6.04 Å². The van der Waals surface area contributed by atoms with Gasteiger partial charge in [0.2, 0.25) is 0 Å². The second-order valence-corrected chi connectivity index (χ2v) is 5.75. The van der Waals surface area contributed by atoms with Crippen molar-refractivity contribution in [3.63, 3.8) is 0 Å². The number of aryl methyl sites for hydroxylation is 1. The molecule has 0 aliphatic carbocycles. The molecule has 3 heteroatoms. The van der Waals surface area contributed by atoms with Crippen molar-refractivity contribution < 1.29 is 0 Å². The van der Waals surface area contributed by atoms with Crippen LogP contribution < -0.4 is 5.32 Å². The first-order valence-electron chi connectivity index (χ1n) is 7.40. The summed E-state index contributed by atoms with van der Waals surface area (Å²) < 4.78 is 2.14. The highest BCUT2D eigenvalue weighted by Crippen LogP contribution is 2.25.